The first-order chi connectivity index (χ1) is 14.3. The lowest BCUT2D eigenvalue weighted by Gasteiger charge is -2.14. The highest BCUT2D eigenvalue weighted by Gasteiger charge is 2.20. The monoisotopic (exact) mass is 434 g/mol. The molecule has 3 rings (SSSR count). The molecular weight excluding hydrogens is 414 g/mol. The van der Waals surface area contributed by atoms with Gasteiger partial charge < -0.3 is 15.0 Å². The van der Waals surface area contributed by atoms with E-state index >= 15 is 0 Å². The molecule has 0 aliphatic carbocycles. The molecule has 3 heterocycles. The summed E-state index contributed by atoms with van der Waals surface area (Å²) in [6.07, 6.45) is -0.205. The average Bonchev–Trinajstić information content (AvgIpc) is 3.16. The fourth-order valence-corrected chi connectivity index (χ4v) is 3.08. The van der Waals surface area contributed by atoms with Crippen LogP contribution in [0.3, 0.4) is 0 Å². The third-order valence-electron chi connectivity index (χ3n) is 3.82. The third kappa shape index (κ3) is 4.85. The average molecular weight is 434 g/mol. The van der Waals surface area contributed by atoms with Gasteiger partial charge in [0.15, 0.2) is 5.82 Å². The molecule has 0 atom stereocenters. The number of nitrogens with one attached hydrogen (secondary N) is 1. The molecular formula is C19H20F2N6O2S. The van der Waals surface area contributed by atoms with E-state index in [1.165, 1.54) is 17.2 Å². The van der Waals surface area contributed by atoms with E-state index in [1.807, 2.05) is 0 Å². The van der Waals surface area contributed by atoms with E-state index in [0.717, 1.165) is 11.5 Å². The van der Waals surface area contributed by atoms with Crippen molar-refractivity contribution >= 4 is 28.4 Å². The van der Waals surface area contributed by atoms with Crippen molar-refractivity contribution in [2.24, 2.45) is 0 Å². The lowest BCUT2D eigenvalue weighted by molar-refractivity contribution is 0.0828. The number of hydrogen-bond acceptors (Lipinski definition) is 8. The Hall–Kier alpha value is -3.21. The molecule has 8 nitrogen and oxygen atoms in total. The number of carbonyl (C=O) groups is 1. The molecule has 0 aliphatic heterocycles. The molecule has 0 bridgehead atoms. The second kappa shape index (κ2) is 9.08. The summed E-state index contributed by atoms with van der Waals surface area (Å²) in [5, 5.41) is 3.31. The topological polar surface area (TPSA) is 93.1 Å². The van der Waals surface area contributed by atoms with E-state index in [1.54, 1.807) is 46.3 Å². The first-order valence-corrected chi connectivity index (χ1v) is 9.76. The Morgan fingerprint density at radius 3 is 2.70 bits per heavy atom. The van der Waals surface area contributed by atoms with Crippen LogP contribution in [0.5, 0.6) is 5.75 Å². The SMILES string of the molecule is CC(C)Oc1cnc(-c2nsc(Nc3ncccc3C(=O)N(C)C)n2)cc1C(F)F. The molecule has 30 heavy (non-hydrogen) atoms. The summed E-state index contributed by atoms with van der Waals surface area (Å²) in [6.45, 7) is 3.49. The summed E-state index contributed by atoms with van der Waals surface area (Å²) in [5.74, 6) is 0.301. The molecule has 0 aromatic carbocycles. The van der Waals surface area contributed by atoms with Gasteiger partial charge in [0.25, 0.3) is 12.3 Å². The second-order valence-electron chi connectivity index (χ2n) is 6.72. The summed E-state index contributed by atoms with van der Waals surface area (Å²) < 4.78 is 36.5. The summed E-state index contributed by atoms with van der Waals surface area (Å²) >= 11 is 1.00. The minimum Gasteiger partial charge on any atom is -0.489 e. The number of rotatable bonds is 7. The number of nitrogens with zero attached hydrogens (tertiary/aromatic N) is 5. The minimum absolute atomic E-state index is 0.0256. The van der Waals surface area contributed by atoms with Crippen LogP contribution in [0.15, 0.2) is 30.6 Å². The molecule has 0 fully saturated rings. The van der Waals surface area contributed by atoms with Crippen LogP contribution >= 0.6 is 11.5 Å². The molecule has 0 aliphatic rings. The van der Waals surface area contributed by atoms with Crippen LogP contribution in [0.25, 0.3) is 11.5 Å². The first-order valence-electron chi connectivity index (χ1n) is 8.98. The van der Waals surface area contributed by atoms with Crippen LogP contribution in [0.2, 0.25) is 0 Å². The zero-order chi connectivity index (χ0) is 21.8. The molecule has 0 unspecified atom stereocenters. The van der Waals surface area contributed by atoms with Crippen LogP contribution in [0, 0.1) is 0 Å². The highest BCUT2D eigenvalue weighted by atomic mass is 32.1. The van der Waals surface area contributed by atoms with Gasteiger partial charge in [-0.3, -0.25) is 4.79 Å². The van der Waals surface area contributed by atoms with E-state index in [4.69, 9.17) is 4.74 Å². The number of pyridine rings is 2. The first kappa shape index (κ1) is 21.5. The number of anilines is 2. The molecule has 11 heteroatoms. The van der Waals surface area contributed by atoms with Gasteiger partial charge in [-0.15, -0.1) is 0 Å². The smallest absolute Gasteiger partial charge is 0.267 e. The molecule has 0 saturated carbocycles. The lowest BCUT2D eigenvalue weighted by atomic mass is 10.2. The zero-order valence-corrected chi connectivity index (χ0v) is 17.6. The Kier molecular flexibility index (Phi) is 6.50. The van der Waals surface area contributed by atoms with Crippen molar-refractivity contribution in [3.63, 3.8) is 0 Å². The number of amides is 1. The number of aromatic nitrogens is 4. The van der Waals surface area contributed by atoms with Crippen LogP contribution in [-0.2, 0) is 0 Å². The van der Waals surface area contributed by atoms with Crippen LogP contribution in [0.4, 0.5) is 19.7 Å². The highest BCUT2D eigenvalue weighted by molar-refractivity contribution is 7.09. The maximum absolute atomic E-state index is 13.4. The van der Waals surface area contributed by atoms with E-state index in [-0.39, 0.29) is 34.8 Å². The van der Waals surface area contributed by atoms with Crippen molar-refractivity contribution in [1.82, 2.24) is 24.2 Å². The molecule has 1 amide bonds. The molecule has 3 aromatic heterocycles. The van der Waals surface area contributed by atoms with Gasteiger partial charge in [-0.25, -0.2) is 18.7 Å². The van der Waals surface area contributed by atoms with Gasteiger partial charge >= 0.3 is 0 Å². The number of hydrogen-bond donors (Lipinski definition) is 1. The van der Waals surface area contributed by atoms with E-state index < -0.39 is 6.43 Å². The van der Waals surface area contributed by atoms with E-state index in [0.29, 0.717) is 16.5 Å². The van der Waals surface area contributed by atoms with E-state index in [9.17, 15) is 13.6 Å². The predicted octanol–water partition coefficient (Wildman–Crippen LogP) is 4.17. The standard InChI is InChI=1S/C19H20F2N6O2S/c1-10(2)29-14-9-23-13(8-12(14)15(20)21)17-25-19(30-26-17)24-16-11(6-5-7-22-16)18(28)27(3)4/h5-10,15H,1-4H3,(H,22,24,25,26). The zero-order valence-electron chi connectivity index (χ0n) is 16.8. The number of alkyl halides is 2. The Morgan fingerprint density at radius 1 is 1.27 bits per heavy atom. The van der Waals surface area contributed by atoms with Gasteiger partial charge in [0.05, 0.1) is 23.4 Å². The number of carbonyl (C=O) groups excluding carboxylic acids is 1. The summed E-state index contributed by atoms with van der Waals surface area (Å²) in [6, 6.07) is 4.52. The molecule has 0 radical (unpaired) electrons. The van der Waals surface area contributed by atoms with Crippen molar-refractivity contribution < 1.29 is 18.3 Å². The Balaban J connectivity index is 1.87. The molecule has 0 spiro atoms. The Labute approximate surface area is 176 Å². The van der Waals surface area contributed by atoms with Gasteiger partial charge in [-0.1, -0.05) is 0 Å². The quantitative estimate of drug-likeness (QED) is 0.597. The normalized spacial score (nSPS) is 11.1. The minimum atomic E-state index is -2.73. The van der Waals surface area contributed by atoms with Crippen molar-refractivity contribution in [2.75, 3.05) is 19.4 Å². The van der Waals surface area contributed by atoms with Crippen molar-refractivity contribution in [3.05, 3.63) is 41.7 Å². The molecule has 158 valence electrons. The predicted molar refractivity (Wildman–Crippen MR) is 109 cm³/mol. The van der Waals surface area contributed by atoms with Gasteiger partial charge in [0, 0.05) is 31.8 Å². The fourth-order valence-electron chi connectivity index (χ4n) is 2.50. The number of ether oxygens (including phenoxy) is 1. The van der Waals surface area contributed by atoms with Crippen LogP contribution in [-0.4, -0.2) is 50.3 Å². The Morgan fingerprint density at radius 2 is 2.03 bits per heavy atom. The van der Waals surface area contributed by atoms with Gasteiger partial charge in [-0.2, -0.15) is 9.36 Å². The Bertz CT molecular complexity index is 1040. The van der Waals surface area contributed by atoms with E-state index in [2.05, 4.69) is 24.6 Å². The summed E-state index contributed by atoms with van der Waals surface area (Å²) in [4.78, 5) is 26.4. The van der Waals surface area contributed by atoms with Gasteiger partial charge in [0.1, 0.15) is 17.3 Å². The maximum atomic E-state index is 13.4. The highest BCUT2D eigenvalue weighted by Crippen LogP contribution is 2.32. The van der Waals surface area contributed by atoms with Crippen LogP contribution in [0.1, 0.15) is 36.2 Å². The van der Waals surface area contributed by atoms with Crippen molar-refractivity contribution in [1.29, 1.82) is 0 Å². The van der Waals surface area contributed by atoms with Crippen molar-refractivity contribution in [2.45, 2.75) is 26.4 Å². The largest absolute Gasteiger partial charge is 0.489 e. The third-order valence-corrected chi connectivity index (χ3v) is 4.45. The lowest BCUT2D eigenvalue weighted by Crippen LogP contribution is -2.22. The molecule has 1 N–H and O–H groups in total. The van der Waals surface area contributed by atoms with Crippen LogP contribution < -0.4 is 10.1 Å². The summed E-state index contributed by atoms with van der Waals surface area (Å²) in [7, 11) is 3.28. The van der Waals surface area contributed by atoms with Gasteiger partial charge in [0.2, 0.25) is 5.13 Å². The molecule has 0 saturated heterocycles. The fraction of sp³-hybridized carbons (Fsp3) is 0.316. The number of halogens is 2. The summed E-state index contributed by atoms with van der Waals surface area (Å²) in [5.41, 5.74) is 0.283. The maximum Gasteiger partial charge on any atom is 0.267 e. The molecule has 3 aromatic rings. The second-order valence-corrected chi connectivity index (χ2v) is 7.47. The van der Waals surface area contributed by atoms with Crippen molar-refractivity contribution in [3.8, 4) is 17.3 Å². The van der Waals surface area contributed by atoms with Gasteiger partial charge in [-0.05, 0) is 32.0 Å².